The van der Waals surface area contributed by atoms with E-state index in [-0.39, 0.29) is 24.4 Å². The number of rotatable bonds is 4. The van der Waals surface area contributed by atoms with Crippen LogP contribution in [0.4, 0.5) is 5.69 Å². The Morgan fingerprint density at radius 3 is 2.67 bits per heavy atom. The van der Waals surface area contributed by atoms with Crippen molar-refractivity contribution in [3.8, 4) is 5.69 Å². The minimum Gasteiger partial charge on any atom is -0.364 e. The maximum absolute atomic E-state index is 12.4. The Morgan fingerprint density at radius 2 is 2.04 bits per heavy atom. The van der Waals surface area contributed by atoms with Crippen molar-refractivity contribution in [3.05, 3.63) is 41.7 Å². The average molecular weight is 351 g/mol. The highest BCUT2D eigenvalue weighted by Crippen LogP contribution is 2.25. The van der Waals surface area contributed by atoms with Gasteiger partial charge < -0.3 is 15.8 Å². The highest BCUT2D eigenvalue weighted by Gasteiger charge is 2.30. The van der Waals surface area contributed by atoms with Crippen LogP contribution in [0.3, 0.4) is 0 Å². The molecule has 1 fully saturated rings. The molecular formula is C17H23ClN4O2. The Labute approximate surface area is 147 Å². The summed E-state index contributed by atoms with van der Waals surface area (Å²) in [6.45, 7) is 4.29. The molecule has 130 valence electrons. The van der Waals surface area contributed by atoms with E-state index in [2.05, 4.69) is 10.4 Å². The highest BCUT2D eigenvalue weighted by atomic mass is 35.5. The van der Waals surface area contributed by atoms with Crippen molar-refractivity contribution in [2.75, 3.05) is 11.9 Å². The number of benzene rings is 1. The maximum atomic E-state index is 12.4. The van der Waals surface area contributed by atoms with Crippen LogP contribution in [-0.4, -0.2) is 34.4 Å². The number of nitrogens with one attached hydrogen (secondary N) is 1. The van der Waals surface area contributed by atoms with Crippen molar-refractivity contribution in [1.29, 1.82) is 0 Å². The summed E-state index contributed by atoms with van der Waals surface area (Å²) in [5.74, 6) is -0.125. The Balaban J connectivity index is 0.00000208. The third-order valence-corrected chi connectivity index (χ3v) is 4.20. The molecule has 1 aliphatic rings. The molecular weight excluding hydrogens is 328 g/mol. The van der Waals surface area contributed by atoms with Crippen LogP contribution < -0.4 is 11.1 Å². The largest absolute Gasteiger partial charge is 0.364 e. The number of halogens is 1. The van der Waals surface area contributed by atoms with Gasteiger partial charge in [-0.25, -0.2) is 4.68 Å². The van der Waals surface area contributed by atoms with E-state index in [0.717, 1.165) is 29.2 Å². The van der Waals surface area contributed by atoms with Gasteiger partial charge in [-0.2, -0.15) is 5.10 Å². The van der Waals surface area contributed by atoms with Gasteiger partial charge in [-0.3, -0.25) is 4.79 Å². The lowest BCUT2D eigenvalue weighted by atomic mass is 10.2. The van der Waals surface area contributed by atoms with Gasteiger partial charge in [0, 0.05) is 6.54 Å². The number of carbonyl (C=O) groups is 1. The van der Waals surface area contributed by atoms with E-state index < -0.39 is 6.10 Å². The molecule has 7 heteroatoms. The van der Waals surface area contributed by atoms with Crippen molar-refractivity contribution in [1.82, 2.24) is 9.78 Å². The molecule has 1 aromatic carbocycles. The standard InChI is InChI=1S/C17H22N4O2.ClH/c1-11-16(19-17(22)15-9-8-14(10-18)23-15)12(2)21(20-11)13-6-4-3-5-7-13;/h3-7,14-15H,8-10,18H2,1-2H3,(H,19,22);1H/t14-,15+;/m1./s1. The highest BCUT2D eigenvalue weighted by molar-refractivity contribution is 5.95. The number of para-hydroxylation sites is 1. The van der Waals surface area contributed by atoms with Gasteiger partial charge in [-0.05, 0) is 38.8 Å². The molecule has 1 aromatic heterocycles. The second-order valence-corrected chi connectivity index (χ2v) is 5.84. The van der Waals surface area contributed by atoms with Gasteiger partial charge in [-0.15, -0.1) is 12.4 Å². The summed E-state index contributed by atoms with van der Waals surface area (Å²) in [6.07, 6.45) is 1.09. The third-order valence-electron chi connectivity index (χ3n) is 4.20. The van der Waals surface area contributed by atoms with E-state index in [0.29, 0.717) is 13.0 Å². The zero-order valence-corrected chi connectivity index (χ0v) is 14.7. The minimum absolute atomic E-state index is 0. The summed E-state index contributed by atoms with van der Waals surface area (Å²) in [4.78, 5) is 12.4. The summed E-state index contributed by atoms with van der Waals surface area (Å²) in [7, 11) is 0. The number of carbonyl (C=O) groups excluding carboxylic acids is 1. The van der Waals surface area contributed by atoms with Crippen molar-refractivity contribution in [2.45, 2.75) is 38.9 Å². The van der Waals surface area contributed by atoms with Gasteiger partial charge in [0.2, 0.25) is 0 Å². The van der Waals surface area contributed by atoms with E-state index >= 15 is 0 Å². The molecule has 2 atom stereocenters. The van der Waals surface area contributed by atoms with Crippen molar-refractivity contribution < 1.29 is 9.53 Å². The maximum Gasteiger partial charge on any atom is 0.253 e. The van der Waals surface area contributed by atoms with Crippen LogP contribution in [-0.2, 0) is 9.53 Å². The van der Waals surface area contributed by atoms with Crippen molar-refractivity contribution >= 4 is 24.0 Å². The number of amides is 1. The van der Waals surface area contributed by atoms with Crippen LogP contribution in [0.15, 0.2) is 30.3 Å². The van der Waals surface area contributed by atoms with Crippen LogP contribution in [0.5, 0.6) is 0 Å². The number of ether oxygens (including phenoxy) is 1. The number of nitrogens with zero attached hydrogens (tertiary/aromatic N) is 2. The first kappa shape index (κ1) is 18.4. The first-order valence-corrected chi connectivity index (χ1v) is 7.88. The van der Waals surface area contributed by atoms with Crippen molar-refractivity contribution in [3.63, 3.8) is 0 Å². The summed E-state index contributed by atoms with van der Waals surface area (Å²) < 4.78 is 7.49. The van der Waals surface area contributed by atoms with Gasteiger partial charge in [0.1, 0.15) is 6.10 Å². The number of aromatic nitrogens is 2. The van der Waals surface area contributed by atoms with Gasteiger partial charge >= 0.3 is 0 Å². The molecule has 2 aromatic rings. The van der Waals surface area contributed by atoms with Crippen LogP contribution in [0.1, 0.15) is 24.2 Å². The van der Waals surface area contributed by atoms with Crippen LogP contribution in [0.25, 0.3) is 5.69 Å². The molecule has 0 unspecified atom stereocenters. The molecule has 0 radical (unpaired) electrons. The summed E-state index contributed by atoms with van der Waals surface area (Å²) >= 11 is 0. The molecule has 0 spiro atoms. The second-order valence-electron chi connectivity index (χ2n) is 5.84. The molecule has 2 heterocycles. The van der Waals surface area contributed by atoms with Gasteiger partial charge in [0.05, 0.1) is 28.9 Å². The SMILES string of the molecule is Cc1nn(-c2ccccc2)c(C)c1NC(=O)[C@@H]1CC[C@H](CN)O1.Cl. The first-order chi connectivity index (χ1) is 11.1. The Kier molecular flexibility index (Phi) is 5.99. The fourth-order valence-electron chi connectivity index (χ4n) is 2.92. The summed E-state index contributed by atoms with van der Waals surface area (Å²) in [5, 5.41) is 7.50. The third kappa shape index (κ3) is 3.61. The predicted molar refractivity (Wildman–Crippen MR) is 95.9 cm³/mol. The van der Waals surface area contributed by atoms with Crippen LogP contribution in [0, 0.1) is 13.8 Å². The quantitative estimate of drug-likeness (QED) is 0.886. The van der Waals surface area contributed by atoms with Gasteiger partial charge in [0.25, 0.3) is 5.91 Å². The van der Waals surface area contributed by atoms with Crippen LogP contribution >= 0.6 is 12.4 Å². The van der Waals surface area contributed by atoms with E-state index in [1.165, 1.54) is 0 Å². The molecule has 0 bridgehead atoms. The van der Waals surface area contributed by atoms with E-state index in [1.807, 2.05) is 48.9 Å². The smallest absolute Gasteiger partial charge is 0.253 e. The van der Waals surface area contributed by atoms with Crippen molar-refractivity contribution in [2.24, 2.45) is 5.73 Å². The lowest BCUT2D eigenvalue weighted by molar-refractivity contribution is -0.126. The fraction of sp³-hybridized carbons (Fsp3) is 0.412. The first-order valence-electron chi connectivity index (χ1n) is 7.88. The normalized spacial score (nSPS) is 19.8. The molecule has 6 nitrogen and oxygen atoms in total. The molecule has 24 heavy (non-hydrogen) atoms. The van der Waals surface area contributed by atoms with Gasteiger partial charge in [-0.1, -0.05) is 18.2 Å². The Morgan fingerprint density at radius 1 is 1.33 bits per heavy atom. The van der Waals surface area contributed by atoms with Crippen LogP contribution in [0.2, 0.25) is 0 Å². The zero-order valence-electron chi connectivity index (χ0n) is 13.9. The monoisotopic (exact) mass is 350 g/mol. The summed E-state index contributed by atoms with van der Waals surface area (Å²) in [5.41, 5.74) is 8.99. The van der Waals surface area contributed by atoms with E-state index in [1.54, 1.807) is 0 Å². The number of nitrogens with two attached hydrogens (primary N) is 1. The molecule has 1 amide bonds. The van der Waals surface area contributed by atoms with E-state index in [4.69, 9.17) is 10.5 Å². The Hall–Kier alpha value is -1.89. The lowest BCUT2D eigenvalue weighted by Crippen LogP contribution is -2.30. The number of anilines is 1. The zero-order chi connectivity index (χ0) is 16.4. The fourth-order valence-corrected chi connectivity index (χ4v) is 2.92. The molecule has 0 aliphatic carbocycles. The average Bonchev–Trinajstić information content (AvgIpc) is 3.16. The molecule has 3 N–H and O–H groups in total. The number of hydrogen-bond acceptors (Lipinski definition) is 4. The lowest BCUT2D eigenvalue weighted by Gasteiger charge is -2.13. The molecule has 1 saturated heterocycles. The molecule has 0 saturated carbocycles. The molecule has 1 aliphatic heterocycles. The molecule has 3 rings (SSSR count). The topological polar surface area (TPSA) is 82.2 Å². The second kappa shape index (κ2) is 7.79. The predicted octanol–water partition coefficient (Wildman–Crippen LogP) is 2.36. The number of hydrogen-bond donors (Lipinski definition) is 2. The minimum atomic E-state index is -0.428. The van der Waals surface area contributed by atoms with Gasteiger partial charge in [0.15, 0.2) is 0 Å². The summed E-state index contributed by atoms with van der Waals surface area (Å²) in [6, 6.07) is 9.85. The van der Waals surface area contributed by atoms with E-state index in [9.17, 15) is 4.79 Å². The number of aryl methyl sites for hydroxylation is 1. The Bertz CT molecular complexity index is 702.